The van der Waals surface area contributed by atoms with Gasteiger partial charge >= 0.3 is 11.9 Å². The molecule has 10 aromatic rings. The number of hydrogen-bond donors (Lipinski definition) is 12. The Morgan fingerprint density at radius 2 is 0.585 bits per heavy atom. The van der Waals surface area contributed by atoms with Gasteiger partial charge in [-0.2, -0.15) is 23.5 Å². The van der Waals surface area contributed by atoms with Gasteiger partial charge in [-0.3, -0.25) is 47.9 Å². The van der Waals surface area contributed by atoms with Crippen molar-refractivity contribution >= 4 is 166 Å². The fourth-order valence-electron chi connectivity index (χ4n) is 15.8. The summed E-state index contributed by atoms with van der Waals surface area (Å²) in [4.78, 5) is 201. The lowest BCUT2D eigenvalue weighted by atomic mass is 9.87. The summed E-state index contributed by atoms with van der Waals surface area (Å²) < 4.78 is 10.1. The van der Waals surface area contributed by atoms with Crippen molar-refractivity contribution in [1.29, 1.82) is 0 Å². The molecule has 6 unspecified atom stereocenters. The molecule has 10 rings (SSSR count). The molecule has 12 N–H and O–H groups in total. The van der Waals surface area contributed by atoms with Gasteiger partial charge < -0.3 is 70.7 Å². The molecule has 688 valence electrons. The van der Waals surface area contributed by atoms with E-state index in [-0.39, 0.29) is 99.1 Å². The molecule has 0 aliphatic heterocycles. The molecular weight excluding hydrogens is 1730 g/mol. The van der Waals surface area contributed by atoms with Crippen molar-refractivity contribution in [2.75, 3.05) is 24.0 Å². The van der Waals surface area contributed by atoms with E-state index < -0.39 is 122 Å². The fraction of sp³-hybridized carbons (Fsp3) is 0.340. The molecule has 130 heavy (non-hydrogen) atoms. The Kier molecular flexibility index (Phi) is 39.3. The number of fused-ring (bicyclic) bond motifs is 4. The van der Waals surface area contributed by atoms with Crippen LogP contribution in [0.4, 0.5) is 0 Å². The topological polar surface area (TPSA) is 417 Å². The van der Waals surface area contributed by atoms with Gasteiger partial charge in [0, 0.05) is 62.2 Å². The Morgan fingerprint density at radius 3 is 0.854 bits per heavy atom. The highest BCUT2D eigenvalue weighted by atomic mass is 32.2. The SMILES string of the molecule is C=P(O)(O)Oc1ccc(CC(NC(=O)C(CC(=O)C(Cc2ccc3ccccc3c2)NC(=O)[C@@H](CC(=O)[C@H](CCSC)NC=O)CC(C)C)Cc2ccc3ccccc3c2)C(=O)O)cc1.C=P(O)(O)Oc1ccc(CC(NC(=O)C(CC(=O)C(Cc2ccc3ccccc3c2)NC(=O)[C@H](CC(=O)[C@@H](CCSC)NC=O)CC(C)C)Cc2ccc3ccccc3c2)C(=O)O)cc1. The minimum atomic E-state index is -3.83. The van der Waals surface area contributed by atoms with E-state index in [1.54, 1.807) is 0 Å². The van der Waals surface area contributed by atoms with Crippen LogP contribution in [0.3, 0.4) is 0 Å². The summed E-state index contributed by atoms with van der Waals surface area (Å²) in [5.74, 6) is -8.73. The van der Waals surface area contributed by atoms with E-state index in [0.29, 0.717) is 61.1 Å². The fourth-order valence-corrected chi connectivity index (χ4v) is 17.7. The van der Waals surface area contributed by atoms with Gasteiger partial charge in [-0.25, -0.2) is 9.59 Å². The third-order valence-corrected chi connectivity index (χ3v) is 24.6. The molecule has 0 bridgehead atoms. The average Bonchev–Trinajstić information content (AvgIpc) is 0.826. The lowest BCUT2D eigenvalue weighted by Crippen LogP contribution is -2.49. The summed E-state index contributed by atoms with van der Waals surface area (Å²) in [7, 11) is -7.66. The predicted molar refractivity (Wildman–Crippen MR) is 515 cm³/mol. The molecular formula is C100H116N6O20P2S2. The molecule has 0 spiro atoms. The average molecular weight is 1850 g/mol. The van der Waals surface area contributed by atoms with Gasteiger partial charge in [0.2, 0.25) is 36.4 Å². The Bertz CT molecular complexity index is 5360. The molecule has 26 nitrogen and oxygen atoms in total. The van der Waals surface area contributed by atoms with Crippen LogP contribution in [-0.4, -0.2) is 174 Å². The predicted octanol–water partition coefficient (Wildman–Crippen LogP) is 13.4. The third-order valence-electron chi connectivity index (χ3n) is 22.3. The highest BCUT2D eigenvalue weighted by Gasteiger charge is 2.37. The molecule has 0 saturated heterocycles. The molecule has 0 heterocycles. The van der Waals surface area contributed by atoms with Gasteiger partial charge in [-0.15, -0.1) is 0 Å². The summed E-state index contributed by atoms with van der Waals surface area (Å²) in [5.41, 5.74) is 3.99. The first-order valence-electron chi connectivity index (χ1n) is 43.0. The van der Waals surface area contributed by atoms with Crippen molar-refractivity contribution < 1.29 is 96.4 Å². The number of carboxylic acid groups (broad SMARTS) is 2. The number of ketones is 4. The number of carboxylic acids is 2. The number of amides is 6. The second-order valence-corrected chi connectivity index (χ2v) is 38.6. The second kappa shape index (κ2) is 50.0. The van der Waals surface area contributed by atoms with E-state index in [2.05, 4.69) is 44.5 Å². The number of benzene rings is 10. The molecule has 0 aliphatic carbocycles. The van der Waals surface area contributed by atoms with Crippen LogP contribution < -0.4 is 40.9 Å². The molecule has 0 fully saturated rings. The number of thioether (sulfide) groups is 2. The molecule has 0 saturated carbocycles. The van der Waals surface area contributed by atoms with Crippen LogP contribution in [-0.2, 0) is 96.1 Å². The number of rotatable bonds is 52. The van der Waals surface area contributed by atoms with Crippen LogP contribution in [0.2, 0.25) is 0 Å². The van der Waals surface area contributed by atoms with Gasteiger partial charge in [-0.1, -0.05) is 222 Å². The van der Waals surface area contributed by atoms with Crippen molar-refractivity contribution in [3.8, 4) is 11.5 Å². The first-order chi connectivity index (χ1) is 62.0. The van der Waals surface area contributed by atoms with Gasteiger partial charge in [0.15, 0.2) is 23.1 Å². The molecule has 0 radical (unpaired) electrons. The van der Waals surface area contributed by atoms with Crippen molar-refractivity contribution in [3.63, 3.8) is 0 Å². The summed E-state index contributed by atoms with van der Waals surface area (Å²) in [5, 5.41) is 44.7. The zero-order valence-corrected chi connectivity index (χ0v) is 77.1. The quantitative estimate of drug-likeness (QED) is 0.0124. The number of carbonyl (C=O) groups is 12. The third kappa shape index (κ3) is 33.1. The summed E-state index contributed by atoms with van der Waals surface area (Å²) in [6.45, 7) is 7.73. The van der Waals surface area contributed by atoms with E-state index in [0.717, 1.165) is 65.3 Å². The van der Waals surface area contributed by atoms with Gasteiger partial charge in [0.1, 0.15) is 23.6 Å². The lowest BCUT2D eigenvalue weighted by Gasteiger charge is -2.26. The number of aliphatic carboxylic acids is 2. The highest BCUT2D eigenvalue weighted by molar-refractivity contribution is 7.98. The first-order valence-corrected chi connectivity index (χ1v) is 49.4. The van der Waals surface area contributed by atoms with E-state index >= 15 is 0 Å². The smallest absolute Gasteiger partial charge is 0.326 e. The Morgan fingerprint density at radius 1 is 0.338 bits per heavy atom. The number of hydrogen-bond acceptors (Lipinski definition) is 20. The van der Waals surface area contributed by atoms with Crippen molar-refractivity contribution in [3.05, 3.63) is 252 Å². The van der Waals surface area contributed by atoms with Crippen LogP contribution >= 0.6 is 38.7 Å². The first kappa shape index (κ1) is 102. The molecule has 10 aromatic carbocycles. The van der Waals surface area contributed by atoms with Crippen LogP contribution in [0.5, 0.6) is 11.5 Å². The lowest BCUT2D eigenvalue weighted by molar-refractivity contribution is -0.143. The van der Waals surface area contributed by atoms with Crippen LogP contribution in [0.15, 0.2) is 218 Å². The van der Waals surface area contributed by atoms with Crippen molar-refractivity contribution in [1.82, 2.24) is 31.9 Å². The van der Waals surface area contributed by atoms with E-state index in [4.69, 9.17) is 9.05 Å². The van der Waals surface area contributed by atoms with E-state index in [9.17, 15) is 87.3 Å². The van der Waals surface area contributed by atoms with Crippen LogP contribution in [0, 0.1) is 35.5 Å². The second-order valence-electron chi connectivity index (χ2n) is 33.6. The maximum atomic E-state index is 14.8. The summed E-state index contributed by atoms with van der Waals surface area (Å²) >= 11 is 3.07. The van der Waals surface area contributed by atoms with Gasteiger partial charge in [0.25, 0.3) is 15.1 Å². The van der Waals surface area contributed by atoms with Crippen LogP contribution in [0.25, 0.3) is 43.1 Å². The van der Waals surface area contributed by atoms with Gasteiger partial charge in [-0.05, 0) is 201 Å². The van der Waals surface area contributed by atoms with Gasteiger partial charge in [0.05, 0.1) is 24.2 Å². The summed E-state index contributed by atoms with van der Waals surface area (Å²) in [6.07, 6.45) is 11.6. The van der Waals surface area contributed by atoms with E-state index in [1.165, 1.54) is 72.1 Å². The van der Waals surface area contributed by atoms with Crippen molar-refractivity contribution in [2.24, 2.45) is 35.5 Å². The number of nitrogens with one attached hydrogen (secondary N) is 6. The highest BCUT2D eigenvalue weighted by Crippen LogP contribution is 2.39. The monoisotopic (exact) mass is 1850 g/mol. The maximum Gasteiger partial charge on any atom is 0.326 e. The minimum Gasteiger partial charge on any atom is -0.480 e. The normalized spacial score (nSPS) is 13.9. The Balaban J connectivity index is 0.000000293. The maximum absolute atomic E-state index is 14.8. The zero-order valence-electron chi connectivity index (χ0n) is 73.7. The molecule has 6 amide bonds. The minimum absolute atomic E-state index is 0.0101. The molecule has 0 aliphatic rings. The van der Waals surface area contributed by atoms with Crippen molar-refractivity contribution in [2.45, 2.75) is 154 Å². The van der Waals surface area contributed by atoms with E-state index in [1.807, 2.05) is 210 Å². The number of Topliss-reactive ketones (excluding diaryl/α,β-unsaturated/α-hetero) is 4. The molecule has 30 heteroatoms. The van der Waals surface area contributed by atoms with Crippen LogP contribution in [0.1, 0.15) is 112 Å². The summed E-state index contributed by atoms with van der Waals surface area (Å²) in [6, 6.07) is 59.0. The Hall–Kier alpha value is -11.6. The standard InChI is InChI=1S/2C50H58N3O10PS/c2*1-32(2)23-40(29-46(55)43(51-31-54)21-22-65-4)48(57)52-44(28-35-14-18-37-10-6-8-12-39(37)25-35)47(56)30-41(26-34-13-17-36-9-5-7-11-38(36)24-34)49(58)53-45(50(59)60)27-33-15-19-42(20-16-33)63-64(3,61)62/h2*5-20,24-25,31-32,40-41,43-45,61-62H,3,21-23,26-30H2,1-2,4H3,(H,51,54)(H,52,57)(H,53,58)(H,59,60)/t2*40-,41?,43+,44?,45?/m10/s1. The zero-order chi connectivity index (χ0) is 94.2. The largest absolute Gasteiger partial charge is 0.480 e. The molecule has 10 atom stereocenters. The molecule has 0 aromatic heterocycles. The Labute approximate surface area is 766 Å². The number of carbonyl (C=O) groups excluding carboxylic acids is 10.